The number of carboxylic acids is 1. The maximum absolute atomic E-state index is 13.0. The summed E-state index contributed by atoms with van der Waals surface area (Å²) < 4.78 is 40.9. The van der Waals surface area contributed by atoms with Crippen molar-refractivity contribution in [2.75, 3.05) is 18.4 Å². The van der Waals surface area contributed by atoms with E-state index in [4.69, 9.17) is 0 Å². The Morgan fingerprint density at radius 2 is 1.91 bits per heavy atom. The summed E-state index contributed by atoms with van der Waals surface area (Å²) >= 11 is 1.22. The molecule has 7 nitrogen and oxygen atoms in total. The van der Waals surface area contributed by atoms with E-state index in [1.807, 2.05) is 6.92 Å². The van der Waals surface area contributed by atoms with Gasteiger partial charge in [-0.25, -0.2) is 0 Å². The third kappa shape index (κ3) is 5.72. The van der Waals surface area contributed by atoms with Gasteiger partial charge in [0.05, 0.1) is 12.1 Å². The lowest BCUT2D eigenvalue weighted by Crippen LogP contribution is -2.50. The predicted octanol–water partition coefficient (Wildman–Crippen LogP) is 4.32. The molecule has 2 aromatic rings. The van der Waals surface area contributed by atoms with E-state index in [1.54, 1.807) is 17.9 Å². The van der Waals surface area contributed by atoms with Gasteiger partial charge in [-0.1, -0.05) is 6.92 Å². The van der Waals surface area contributed by atoms with Gasteiger partial charge in [-0.15, -0.1) is 24.5 Å². The summed E-state index contributed by atoms with van der Waals surface area (Å²) in [7, 11) is 0. The van der Waals surface area contributed by atoms with Gasteiger partial charge in [-0.05, 0) is 63.1 Å². The minimum Gasteiger partial charge on any atom is -0.480 e. The average molecular weight is 484 g/mol. The number of carboxylic acid groups (broad SMARTS) is 1. The van der Waals surface area contributed by atoms with E-state index in [0.717, 1.165) is 17.0 Å². The molecule has 1 aliphatic heterocycles. The Morgan fingerprint density at radius 1 is 1.24 bits per heavy atom. The number of hydrogen-bond acceptors (Lipinski definition) is 6. The zero-order valence-electron chi connectivity index (χ0n) is 18.0. The number of hydrogen-bond donors (Lipinski definition) is 2. The van der Waals surface area contributed by atoms with Crippen LogP contribution in [0.15, 0.2) is 30.3 Å². The molecule has 1 amide bonds. The second kappa shape index (κ2) is 9.52. The summed E-state index contributed by atoms with van der Waals surface area (Å²) in [5, 5.41) is 12.5. The van der Waals surface area contributed by atoms with Crippen LogP contribution in [0.25, 0.3) is 0 Å². The number of rotatable bonds is 8. The number of anilines is 1. The number of halogens is 3. The molecule has 11 heteroatoms. The molecular weight excluding hydrogens is 461 g/mol. The SMILES string of the molecule is CCc1cc(C(=O)c2ccc(OC(F)(F)F)cc2)c(NC(=O)CN2CCC[C@]2(C)C(=O)O)s1. The first kappa shape index (κ1) is 24.7. The summed E-state index contributed by atoms with van der Waals surface area (Å²) in [6.07, 6.45) is -3.12. The third-order valence-corrected chi connectivity index (χ3v) is 6.76. The van der Waals surface area contributed by atoms with Gasteiger partial charge in [0.1, 0.15) is 16.3 Å². The molecule has 1 fully saturated rings. The van der Waals surface area contributed by atoms with Gasteiger partial charge >= 0.3 is 12.3 Å². The molecule has 0 spiro atoms. The first-order valence-corrected chi connectivity index (χ1v) is 11.1. The fourth-order valence-corrected chi connectivity index (χ4v) is 4.71. The van der Waals surface area contributed by atoms with Crippen molar-refractivity contribution in [1.82, 2.24) is 4.90 Å². The van der Waals surface area contributed by atoms with Crippen molar-refractivity contribution in [2.24, 2.45) is 0 Å². The number of carbonyl (C=O) groups is 3. The summed E-state index contributed by atoms with van der Waals surface area (Å²) in [5.74, 6) is -2.35. The Labute approximate surface area is 192 Å². The highest BCUT2D eigenvalue weighted by Gasteiger charge is 2.44. The van der Waals surface area contributed by atoms with Crippen molar-refractivity contribution in [3.63, 3.8) is 0 Å². The van der Waals surface area contributed by atoms with Gasteiger partial charge in [-0.2, -0.15) is 0 Å². The lowest BCUT2D eigenvalue weighted by molar-refractivity contribution is -0.274. The van der Waals surface area contributed by atoms with E-state index in [1.165, 1.54) is 23.5 Å². The van der Waals surface area contributed by atoms with Gasteiger partial charge < -0.3 is 15.2 Å². The zero-order valence-corrected chi connectivity index (χ0v) is 18.8. The van der Waals surface area contributed by atoms with Crippen molar-refractivity contribution in [3.05, 3.63) is 46.3 Å². The number of nitrogens with zero attached hydrogens (tertiary/aromatic N) is 1. The van der Waals surface area contributed by atoms with E-state index >= 15 is 0 Å². The number of aryl methyl sites for hydroxylation is 1. The quantitative estimate of drug-likeness (QED) is 0.542. The Bertz CT molecular complexity index is 1050. The first-order chi connectivity index (χ1) is 15.4. The number of carbonyl (C=O) groups excluding carboxylic acids is 2. The molecule has 2 heterocycles. The highest BCUT2D eigenvalue weighted by molar-refractivity contribution is 7.16. The number of ether oxygens (including phenoxy) is 1. The Morgan fingerprint density at radius 3 is 2.48 bits per heavy atom. The highest BCUT2D eigenvalue weighted by atomic mass is 32.1. The van der Waals surface area contributed by atoms with Crippen molar-refractivity contribution < 1.29 is 37.4 Å². The van der Waals surface area contributed by atoms with E-state index in [9.17, 15) is 32.7 Å². The second-order valence-corrected chi connectivity index (χ2v) is 9.00. The maximum atomic E-state index is 13.0. The van der Waals surface area contributed by atoms with Crippen LogP contribution in [0, 0.1) is 0 Å². The number of likely N-dealkylation sites (tertiary alicyclic amines) is 1. The largest absolute Gasteiger partial charge is 0.573 e. The molecule has 0 bridgehead atoms. The number of amides is 1. The molecule has 1 aromatic heterocycles. The van der Waals surface area contributed by atoms with Crippen LogP contribution in [-0.4, -0.2) is 52.7 Å². The molecule has 1 aliphatic rings. The Hall–Kier alpha value is -2.92. The lowest BCUT2D eigenvalue weighted by atomic mass is 9.99. The van der Waals surface area contributed by atoms with Crippen LogP contribution in [-0.2, 0) is 16.0 Å². The number of nitrogens with one attached hydrogen (secondary N) is 1. The molecule has 0 aliphatic carbocycles. The molecule has 33 heavy (non-hydrogen) atoms. The van der Waals surface area contributed by atoms with Gasteiger partial charge in [-0.3, -0.25) is 19.3 Å². The lowest BCUT2D eigenvalue weighted by Gasteiger charge is -2.30. The van der Waals surface area contributed by atoms with Crippen molar-refractivity contribution >= 4 is 34.0 Å². The normalized spacial score (nSPS) is 18.8. The van der Waals surface area contributed by atoms with Crippen LogP contribution in [0.5, 0.6) is 5.75 Å². The summed E-state index contributed by atoms with van der Waals surface area (Å²) in [4.78, 5) is 39.8. The van der Waals surface area contributed by atoms with Crippen LogP contribution in [0.1, 0.15) is 47.5 Å². The van der Waals surface area contributed by atoms with Gasteiger partial charge in [0.15, 0.2) is 5.78 Å². The second-order valence-electron chi connectivity index (χ2n) is 7.86. The third-order valence-electron chi connectivity index (χ3n) is 5.56. The van der Waals surface area contributed by atoms with Crippen LogP contribution in [0.3, 0.4) is 0 Å². The number of thiophene rings is 1. The molecule has 178 valence electrons. The molecule has 3 rings (SSSR count). The van der Waals surface area contributed by atoms with E-state index in [0.29, 0.717) is 30.8 Å². The summed E-state index contributed by atoms with van der Waals surface area (Å²) in [6, 6.07) is 6.18. The van der Waals surface area contributed by atoms with Crippen LogP contribution >= 0.6 is 11.3 Å². The highest BCUT2D eigenvalue weighted by Crippen LogP contribution is 2.33. The average Bonchev–Trinajstić information content (AvgIpc) is 3.31. The van der Waals surface area contributed by atoms with Crippen molar-refractivity contribution in [2.45, 2.75) is 45.0 Å². The van der Waals surface area contributed by atoms with Crippen molar-refractivity contribution in [1.29, 1.82) is 0 Å². The smallest absolute Gasteiger partial charge is 0.480 e. The number of benzene rings is 1. The molecule has 1 aromatic carbocycles. The molecule has 1 saturated heterocycles. The van der Waals surface area contributed by atoms with Gasteiger partial charge in [0.25, 0.3) is 0 Å². The monoisotopic (exact) mass is 484 g/mol. The number of alkyl halides is 3. The van der Waals surface area contributed by atoms with E-state index < -0.39 is 35.3 Å². The Balaban J connectivity index is 1.77. The molecule has 0 saturated carbocycles. The molecule has 1 atom stereocenters. The van der Waals surface area contributed by atoms with Crippen molar-refractivity contribution in [3.8, 4) is 5.75 Å². The van der Waals surface area contributed by atoms with Gasteiger partial charge in [0.2, 0.25) is 5.91 Å². The fraction of sp³-hybridized carbons (Fsp3) is 0.409. The molecule has 0 unspecified atom stereocenters. The van der Waals surface area contributed by atoms with E-state index in [2.05, 4.69) is 10.1 Å². The minimum absolute atomic E-state index is 0.137. The minimum atomic E-state index is -4.83. The number of aliphatic carboxylic acids is 1. The number of ketones is 1. The van der Waals surface area contributed by atoms with Gasteiger partial charge in [0, 0.05) is 10.4 Å². The topological polar surface area (TPSA) is 95.9 Å². The Kier molecular flexibility index (Phi) is 7.13. The van der Waals surface area contributed by atoms with Crippen LogP contribution in [0.2, 0.25) is 0 Å². The first-order valence-electron chi connectivity index (χ1n) is 10.2. The molecule has 0 radical (unpaired) electrons. The maximum Gasteiger partial charge on any atom is 0.573 e. The van der Waals surface area contributed by atoms with E-state index in [-0.39, 0.29) is 17.7 Å². The summed E-state index contributed by atoms with van der Waals surface area (Å²) in [5.41, 5.74) is -0.768. The molecule has 2 N–H and O–H groups in total. The predicted molar refractivity (Wildman–Crippen MR) is 116 cm³/mol. The fourth-order valence-electron chi connectivity index (χ4n) is 3.70. The zero-order chi connectivity index (χ0) is 24.4. The van der Waals surface area contributed by atoms with Crippen LogP contribution < -0.4 is 10.1 Å². The van der Waals surface area contributed by atoms with Crippen LogP contribution in [0.4, 0.5) is 18.2 Å². The standard InChI is InChI=1S/C22H23F3N2O5S/c1-3-15-11-16(18(29)13-5-7-14(8-6-13)32-22(23,24)25)19(33-15)26-17(28)12-27-10-4-9-21(27,2)20(30)31/h5-8,11H,3-4,9-10,12H2,1-2H3,(H,26,28)(H,30,31)/t21-/m1/s1. The summed E-state index contributed by atoms with van der Waals surface area (Å²) in [6.45, 7) is 3.80. The molecular formula is C22H23F3N2O5S.